The zero-order chi connectivity index (χ0) is 16.2. The van der Waals surface area contributed by atoms with E-state index in [9.17, 15) is 0 Å². The second-order valence-corrected chi connectivity index (χ2v) is 5.50. The van der Waals surface area contributed by atoms with Crippen molar-refractivity contribution >= 4 is 12.2 Å². The first-order valence-corrected chi connectivity index (χ1v) is 7.54. The summed E-state index contributed by atoms with van der Waals surface area (Å²) in [7, 11) is 3.28. The fourth-order valence-electron chi connectivity index (χ4n) is 2.57. The first kappa shape index (κ1) is 15.2. The molecule has 0 radical (unpaired) electrons. The first-order valence-electron chi connectivity index (χ1n) is 7.54. The van der Waals surface area contributed by atoms with Gasteiger partial charge in [0.15, 0.2) is 11.5 Å². The lowest BCUT2D eigenvalue weighted by Crippen LogP contribution is -2.05. The topological polar surface area (TPSA) is 27.7 Å². The van der Waals surface area contributed by atoms with Crippen LogP contribution in [0.15, 0.2) is 48.0 Å². The van der Waals surface area contributed by atoms with Crippen LogP contribution in [0.4, 0.5) is 0 Å². The van der Waals surface area contributed by atoms with Crippen LogP contribution in [0.2, 0.25) is 0 Å². The van der Waals surface area contributed by atoms with Crippen molar-refractivity contribution in [2.24, 2.45) is 0 Å². The fourth-order valence-corrected chi connectivity index (χ4v) is 2.57. The van der Waals surface area contributed by atoms with E-state index in [1.165, 1.54) is 5.56 Å². The number of fused-ring (bicyclic) bond motifs is 1. The SMILES string of the molecule is COc1ccc(/C=C/C2=Cc3cc(C)ccc3OC2)cc1OC. The van der Waals surface area contributed by atoms with Gasteiger partial charge in [0, 0.05) is 5.56 Å². The fraction of sp³-hybridized carbons (Fsp3) is 0.200. The summed E-state index contributed by atoms with van der Waals surface area (Å²) in [6.45, 7) is 2.67. The summed E-state index contributed by atoms with van der Waals surface area (Å²) in [5.41, 5.74) is 4.55. The molecule has 0 amide bonds. The highest BCUT2D eigenvalue weighted by molar-refractivity contribution is 5.68. The highest BCUT2D eigenvalue weighted by Crippen LogP contribution is 2.30. The van der Waals surface area contributed by atoms with E-state index in [-0.39, 0.29) is 0 Å². The van der Waals surface area contributed by atoms with E-state index in [0.29, 0.717) is 6.61 Å². The van der Waals surface area contributed by atoms with E-state index < -0.39 is 0 Å². The number of rotatable bonds is 4. The molecule has 0 atom stereocenters. The predicted octanol–water partition coefficient (Wildman–Crippen LogP) is 4.50. The molecule has 23 heavy (non-hydrogen) atoms. The van der Waals surface area contributed by atoms with Crippen LogP contribution in [-0.2, 0) is 0 Å². The van der Waals surface area contributed by atoms with Gasteiger partial charge in [0.25, 0.3) is 0 Å². The summed E-state index contributed by atoms with van der Waals surface area (Å²) in [6, 6.07) is 12.1. The lowest BCUT2D eigenvalue weighted by atomic mass is 10.0. The second kappa shape index (κ2) is 6.61. The smallest absolute Gasteiger partial charge is 0.161 e. The molecule has 0 bridgehead atoms. The van der Waals surface area contributed by atoms with E-state index in [2.05, 4.69) is 37.3 Å². The summed E-state index contributed by atoms with van der Waals surface area (Å²) in [6.07, 6.45) is 6.30. The molecular weight excluding hydrogens is 288 g/mol. The molecule has 3 nitrogen and oxygen atoms in total. The van der Waals surface area contributed by atoms with Crippen molar-refractivity contribution in [3.63, 3.8) is 0 Å². The monoisotopic (exact) mass is 308 g/mol. The van der Waals surface area contributed by atoms with Gasteiger partial charge in [0.1, 0.15) is 12.4 Å². The zero-order valence-electron chi connectivity index (χ0n) is 13.6. The summed E-state index contributed by atoms with van der Waals surface area (Å²) < 4.78 is 16.4. The maximum atomic E-state index is 5.80. The van der Waals surface area contributed by atoms with Crippen molar-refractivity contribution in [1.82, 2.24) is 0 Å². The van der Waals surface area contributed by atoms with E-state index in [4.69, 9.17) is 14.2 Å². The Bertz CT molecular complexity index is 772. The van der Waals surface area contributed by atoms with Gasteiger partial charge in [-0.2, -0.15) is 0 Å². The van der Waals surface area contributed by atoms with Crippen LogP contribution in [0.1, 0.15) is 16.7 Å². The Morgan fingerprint density at radius 1 is 0.957 bits per heavy atom. The van der Waals surface area contributed by atoms with Crippen LogP contribution in [-0.4, -0.2) is 20.8 Å². The van der Waals surface area contributed by atoms with Crippen LogP contribution >= 0.6 is 0 Å². The highest BCUT2D eigenvalue weighted by Gasteiger charge is 2.09. The number of benzene rings is 2. The Morgan fingerprint density at radius 2 is 1.78 bits per heavy atom. The summed E-state index contributed by atoms with van der Waals surface area (Å²) >= 11 is 0. The first-order chi connectivity index (χ1) is 11.2. The van der Waals surface area contributed by atoms with Crippen molar-refractivity contribution in [2.75, 3.05) is 20.8 Å². The molecule has 3 heteroatoms. The van der Waals surface area contributed by atoms with Crippen molar-refractivity contribution < 1.29 is 14.2 Å². The second-order valence-electron chi connectivity index (χ2n) is 5.50. The number of ether oxygens (including phenoxy) is 3. The molecule has 0 saturated heterocycles. The predicted molar refractivity (Wildman–Crippen MR) is 93.2 cm³/mol. The summed E-state index contributed by atoms with van der Waals surface area (Å²) in [5, 5.41) is 0. The molecule has 0 N–H and O–H groups in total. The van der Waals surface area contributed by atoms with Crippen LogP contribution in [0.3, 0.4) is 0 Å². The number of hydrogen-bond donors (Lipinski definition) is 0. The van der Waals surface area contributed by atoms with Gasteiger partial charge in [-0.15, -0.1) is 0 Å². The average Bonchev–Trinajstić information content (AvgIpc) is 2.59. The van der Waals surface area contributed by atoms with Gasteiger partial charge in [-0.25, -0.2) is 0 Å². The zero-order valence-corrected chi connectivity index (χ0v) is 13.6. The van der Waals surface area contributed by atoms with Crippen molar-refractivity contribution in [3.05, 3.63) is 64.7 Å². The summed E-state index contributed by atoms with van der Waals surface area (Å²) in [4.78, 5) is 0. The van der Waals surface area contributed by atoms with Gasteiger partial charge < -0.3 is 14.2 Å². The van der Waals surface area contributed by atoms with Crippen molar-refractivity contribution in [1.29, 1.82) is 0 Å². The van der Waals surface area contributed by atoms with Crippen molar-refractivity contribution in [2.45, 2.75) is 6.92 Å². The molecule has 3 rings (SSSR count). The van der Waals surface area contributed by atoms with E-state index in [0.717, 1.165) is 33.9 Å². The number of aryl methyl sites for hydroxylation is 1. The summed E-state index contributed by atoms with van der Waals surface area (Å²) in [5.74, 6) is 2.40. The van der Waals surface area contributed by atoms with Gasteiger partial charge in [-0.1, -0.05) is 29.8 Å². The Labute approximate surface area is 136 Å². The molecule has 0 unspecified atom stereocenters. The molecular formula is C20H20O3. The van der Waals surface area contributed by atoms with Crippen LogP contribution in [0, 0.1) is 6.92 Å². The van der Waals surface area contributed by atoms with E-state index in [1.54, 1.807) is 14.2 Å². The molecule has 1 heterocycles. The normalized spacial score (nSPS) is 13.3. The van der Waals surface area contributed by atoms with Crippen LogP contribution in [0.25, 0.3) is 12.2 Å². The lowest BCUT2D eigenvalue weighted by Gasteiger charge is -2.16. The van der Waals surface area contributed by atoms with Gasteiger partial charge in [-0.05, 0) is 48.4 Å². The molecule has 0 spiro atoms. The van der Waals surface area contributed by atoms with E-state index >= 15 is 0 Å². The third-order valence-electron chi connectivity index (χ3n) is 3.80. The standard InChI is InChI=1S/C20H20O3/c1-14-4-8-18-17(10-14)11-16(13-23-18)6-5-15-7-9-19(21-2)20(12-15)22-3/h4-12H,13H2,1-3H3/b6-5+. The molecule has 2 aromatic carbocycles. The quantitative estimate of drug-likeness (QED) is 0.832. The lowest BCUT2D eigenvalue weighted by molar-refractivity contribution is 0.351. The van der Waals surface area contributed by atoms with Gasteiger partial charge in [0.2, 0.25) is 0 Å². The average molecular weight is 308 g/mol. The van der Waals surface area contributed by atoms with Crippen LogP contribution < -0.4 is 14.2 Å². The van der Waals surface area contributed by atoms with Crippen molar-refractivity contribution in [3.8, 4) is 17.2 Å². The molecule has 2 aromatic rings. The minimum absolute atomic E-state index is 0.583. The molecule has 0 saturated carbocycles. The van der Waals surface area contributed by atoms with Gasteiger partial charge in [0.05, 0.1) is 14.2 Å². The van der Waals surface area contributed by atoms with Gasteiger partial charge in [-0.3, -0.25) is 0 Å². The molecule has 0 aliphatic carbocycles. The number of hydrogen-bond acceptors (Lipinski definition) is 3. The molecule has 1 aliphatic heterocycles. The third-order valence-corrected chi connectivity index (χ3v) is 3.80. The minimum Gasteiger partial charge on any atom is -0.493 e. The highest BCUT2D eigenvalue weighted by atomic mass is 16.5. The van der Waals surface area contributed by atoms with Gasteiger partial charge >= 0.3 is 0 Å². The Kier molecular flexibility index (Phi) is 4.38. The minimum atomic E-state index is 0.583. The molecule has 1 aliphatic rings. The van der Waals surface area contributed by atoms with E-state index in [1.807, 2.05) is 24.3 Å². The number of methoxy groups -OCH3 is 2. The molecule has 0 aromatic heterocycles. The Hall–Kier alpha value is -2.68. The Morgan fingerprint density at radius 3 is 2.57 bits per heavy atom. The third kappa shape index (κ3) is 3.39. The Balaban J connectivity index is 1.83. The molecule has 0 fully saturated rings. The molecule has 118 valence electrons. The largest absolute Gasteiger partial charge is 0.493 e. The maximum absolute atomic E-state index is 5.80. The maximum Gasteiger partial charge on any atom is 0.161 e. The van der Waals surface area contributed by atoms with Crippen LogP contribution in [0.5, 0.6) is 17.2 Å².